The summed E-state index contributed by atoms with van der Waals surface area (Å²) in [7, 11) is 0. The Morgan fingerprint density at radius 3 is 2.62 bits per heavy atom. The molecule has 1 N–H and O–H groups in total. The molecule has 0 amide bonds. The minimum absolute atomic E-state index is 0.136. The van der Waals surface area contributed by atoms with Crippen LogP contribution in [0.15, 0.2) is 47.4 Å². The first kappa shape index (κ1) is 14.6. The fourth-order valence-corrected chi connectivity index (χ4v) is 3.04. The lowest BCUT2D eigenvalue weighted by Gasteiger charge is -2.15. The topological polar surface area (TPSA) is 61.9 Å². The van der Waals surface area contributed by atoms with E-state index in [9.17, 15) is 4.79 Å². The molecular formula is C19H18N4O. The van der Waals surface area contributed by atoms with Crippen molar-refractivity contribution in [3.8, 4) is 0 Å². The van der Waals surface area contributed by atoms with Gasteiger partial charge in [0.05, 0.1) is 5.39 Å². The summed E-state index contributed by atoms with van der Waals surface area (Å²) in [6.07, 6.45) is 7.89. The zero-order valence-electron chi connectivity index (χ0n) is 13.3. The number of H-pyrrole nitrogens is 1. The zero-order valence-corrected chi connectivity index (χ0v) is 13.3. The summed E-state index contributed by atoms with van der Waals surface area (Å²) in [6, 6.07) is 11.8. The second-order valence-corrected chi connectivity index (χ2v) is 5.93. The summed E-state index contributed by atoms with van der Waals surface area (Å²) < 4.78 is 0. The number of fused-ring (bicyclic) bond motifs is 1. The van der Waals surface area contributed by atoms with E-state index in [1.54, 1.807) is 6.20 Å². The van der Waals surface area contributed by atoms with Crippen LogP contribution < -0.4 is 10.5 Å². The Labute approximate surface area is 139 Å². The van der Waals surface area contributed by atoms with Gasteiger partial charge in [0.1, 0.15) is 0 Å². The van der Waals surface area contributed by atoms with Crippen LogP contribution in [-0.2, 0) is 0 Å². The number of nitrogens with one attached hydrogen (secondary N) is 1. The van der Waals surface area contributed by atoms with Crippen LogP contribution in [0.25, 0.3) is 23.2 Å². The van der Waals surface area contributed by atoms with Crippen molar-refractivity contribution < 1.29 is 0 Å². The maximum Gasteiger partial charge on any atom is 0.262 e. The lowest BCUT2D eigenvalue weighted by atomic mass is 10.1. The Morgan fingerprint density at radius 1 is 1.04 bits per heavy atom. The predicted molar refractivity (Wildman–Crippen MR) is 97.0 cm³/mol. The van der Waals surface area contributed by atoms with Crippen molar-refractivity contribution in [2.45, 2.75) is 12.8 Å². The lowest BCUT2D eigenvalue weighted by molar-refractivity contribution is 0.897. The van der Waals surface area contributed by atoms with Gasteiger partial charge in [-0.25, -0.2) is 4.98 Å². The van der Waals surface area contributed by atoms with Crippen LogP contribution in [-0.4, -0.2) is 28.0 Å². The van der Waals surface area contributed by atoms with Crippen LogP contribution in [0.2, 0.25) is 0 Å². The number of hydrogen-bond acceptors (Lipinski definition) is 4. The van der Waals surface area contributed by atoms with Gasteiger partial charge in [0.25, 0.3) is 5.56 Å². The normalized spacial score (nSPS) is 14.8. The van der Waals surface area contributed by atoms with E-state index in [1.165, 1.54) is 0 Å². The molecule has 3 aromatic rings. The number of rotatable bonds is 3. The van der Waals surface area contributed by atoms with Crippen LogP contribution in [0.5, 0.6) is 0 Å². The molecule has 1 aliphatic rings. The van der Waals surface area contributed by atoms with E-state index >= 15 is 0 Å². The fraction of sp³-hybridized carbons (Fsp3) is 0.211. The van der Waals surface area contributed by atoms with Gasteiger partial charge in [-0.3, -0.25) is 9.78 Å². The van der Waals surface area contributed by atoms with Gasteiger partial charge in [0, 0.05) is 19.3 Å². The average molecular weight is 318 g/mol. The fourth-order valence-electron chi connectivity index (χ4n) is 3.04. The molecule has 5 nitrogen and oxygen atoms in total. The molecule has 0 radical (unpaired) electrons. The third-order valence-electron chi connectivity index (χ3n) is 4.29. The average Bonchev–Trinajstić information content (AvgIpc) is 3.15. The van der Waals surface area contributed by atoms with Crippen molar-refractivity contribution in [3.05, 3.63) is 64.1 Å². The van der Waals surface area contributed by atoms with Gasteiger partial charge in [0.15, 0.2) is 5.65 Å². The molecule has 3 heterocycles. The Morgan fingerprint density at radius 2 is 1.83 bits per heavy atom. The van der Waals surface area contributed by atoms with E-state index in [4.69, 9.17) is 0 Å². The van der Waals surface area contributed by atoms with E-state index in [0.717, 1.165) is 37.1 Å². The maximum atomic E-state index is 12.6. The van der Waals surface area contributed by atoms with Gasteiger partial charge in [-0.2, -0.15) is 4.98 Å². The summed E-state index contributed by atoms with van der Waals surface area (Å²) in [5.74, 6) is 0.627. The monoisotopic (exact) mass is 318 g/mol. The largest absolute Gasteiger partial charge is 0.342 e. The molecular weight excluding hydrogens is 300 g/mol. The molecule has 0 aliphatic carbocycles. The van der Waals surface area contributed by atoms with Crippen molar-refractivity contribution in [3.63, 3.8) is 0 Å². The number of benzene rings is 1. The van der Waals surface area contributed by atoms with E-state index in [2.05, 4.69) is 19.9 Å². The molecule has 0 atom stereocenters. The number of aromatic amines is 1. The van der Waals surface area contributed by atoms with Gasteiger partial charge in [0.2, 0.25) is 5.95 Å². The highest BCUT2D eigenvalue weighted by Crippen LogP contribution is 2.19. The minimum Gasteiger partial charge on any atom is -0.342 e. The Balaban J connectivity index is 1.77. The number of hydrogen-bond donors (Lipinski definition) is 1. The van der Waals surface area contributed by atoms with E-state index in [-0.39, 0.29) is 5.56 Å². The van der Waals surface area contributed by atoms with Crippen LogP contribution in [0.3, 0.4) is 0 Å². The number of anilines is 1. The molecule has 1 aliphatic heterocycles. The highest BCUT2D eigenvalue weighted by Gasteiger charge is 2.16. The van der Waals surface area contributed by atoms with Crippen molar-refractivity contribution >= 4 is 29.1 Å². The summed E-state index contributed by atoms with van der Waals surface area (Å²) in [5.41, 5.74) is 2.27. The smallest absolute Gasteiger partial charge is 0.262 e. The third-order valence-corrected chi connectivity index (χ3v) is 4.29. The molecule has 2 aromatic heterocycles. The summed E-state index contributed by atoms with van der Waals surface area (Å²) in [5, 5.41) is 0.535. The summed E-state index contributed by atoms with van der Waals surface area (Å²) >= 11 is 0. The first-order chi connectivity index (χ1) is 11.8. The molecule has 24 heavy (non-hydrogen) atoms. The van der Waals surface area contributed by atoms with Crippen LogP contribution in [0.4, 0.5) is 5.95 Å². The van der Waals surface area contributed by atoms with Crippen molar-refractivity contribution in [1.82, 2.24) is 15.0 Å². The molecule has 120 valence electrons. The van der Waals surface area contributed by atoms with Crippen LogP contribution in [0.1, 0.15) is 24.0 Å². The van der Waals surface area contributed by atoms with E-state index in [0.29, 0.717) is 17.0 Å². The Bertz CT molecular complexity index is 940. The van der Waals surface area contributed by atoms with Gasteiger partial charge in [-0.05, 0) is 30.0 Å². The molecule has 0 saturated carbocycles. The van der Waals surface area contributed by atoms with E-state index in [1.807, 2.05) is 48.6 Å². The van der Waals surface area contributed by atoms with Gasteiger partial charge in [-0.1, -0.05) is 42.5 Å². The molecule has 1 fully saturated rings. The van der Waals surface area contributed by atoms with Crippen molar-refractivity contribution in [2.75, 3.05) is 18.0 Å². The molecule has 0 unspecified atom stereocenters. The minimum atomic E-state index is -0.136. The van der Waals surface area contributed by atoms with Gasteiger partial charge in [-0.15, -0.1) is 0 Å². The Kier molecular flexibility index (Phi) is 3.83. The second-order valence-electron chi connectivity index (χ2n) is 5.93. The predicted octanol–water partition coefficient (Wildman–Crippen LogP) is 3.09. The molecule has 1 saturated heterocycles. The molecule has 1 aromatic carbocycles. The second kappa shape index (κ2) is 6.28. The van der Waals surface area contributed by atoms with Gasteiger partial charge < -0.3 is 4.90 Å². The SMILES string of the molecule is O=c1[nH]c(N2CCCC2)nc2nccc(/C=C/c3ccccc3)c12. The highest BCUT2D eigenvalue weighted by molar-refractivity contribution is 5.88. The molecule has 0 bridgehead atoms. The number of nitrogens with zero attached hydrogens (tertiary/aromatic N) is 3. The van der Waals surface area contributed by atoms with Gasteiger partial charge >= 0.3 is 0 Å². The van der Waals surface area contributed by atoms with Crippen LogP contribution >= 0.6 is 0 Å². The van der Waals surface area contributed by atoms with Crippen LogP contribution in [0, 0.1) is 0 Å². The quantitative estimate of drug-likeness (QED) is 0.806. The zero-order chi connectivity index (χ0) is 16.4. The summed E-state index contributed by atoms with van der Waals surface area (Å²) in [4.78, 5) is 26.5. The first-order valence-electron chi connectivity index (χ1n) is 8.18. The van der Waals surface area contributed by atoms with Crippen molar-refractivity contribution in [2.24, 2.45) is 0 Å². The molecule has 5 heteroatoms. The maximum absolute atomic E-state index is 12.6. The Hall–Kier alpha value is -2.95. The highest BCUT2D eigenvalue weighted by atomic mass is 16.1. The van der Waals surface area contributed by atoms with E-state index < -0.39 is 0 Å². The van der Waals surface area contributed by atoms with Crippen molar-refractivity contribution in [1.29, 1.82) is 0 Å². The molecule has 4 rings (SSSR count). The number of pyridine rings is 1. The summed E-state index contributed by atoms with van der Waals surface area (Å²) in [6.45, 7) is 1.87. The molecule has 0 spiro atoms. The lowest BCUT2D eigenvalue weighted by Crippen LogP contribution is -2.24. The first-order valence-corrected chi connectivity index (χ1v) is 8.18. The number of aromatic nitrogens is 3. The third kappa shape index (κ3) is 2.80. The standard InChI is InChI=1S/C19H18N4O/c24-18-16-15(9-8-14-6-2-1-3-7-14)10-11-20-17(16)21-19(22-18)23-12-4-5-13-23/h1-3,6-11H,4-5,12-13H2,(H,20,21,22,24)/b9-8+.